The molecule has 86 valence electrons. The van der Waals surface area contributed by atoms with Crippen molar-refractivity contribution in [1.82, 2.24) is 9.38 Å². The van der Waals surface area contributed by atoms with Crippen LogP contribution < -0.4 is 5.73 Å². The number of anilines is 1. The van der Waals surface area contributed by atoms with E-state index >= 15 is 0 Å². The van der Waals surface area contributed by atoms with Crippen LogP contribution in [-0.4, -0.2) is 20.9 Å². The number of hydrogen-bond acceptors (Lipinski definition) is 3. The van der Waals surface area contributed by atoms with Gasteiger partial charge in [-0.15, -0.1) is 0 Å². The average Bonchev–Trinajstić information content (AvgIpc) is 2.58. The number of pyridine rings is 1. The first-order valence-corrected chi connectivity index (χ1v) is 6.69. The Bertz CT molecular complexity index is 490. The van der Waals surface area contributed by atoms with Gasteiger partial charge in [0.15, 0.2) is 0 Å². The van der Waals surface area contributed by atoms with Gasteiger partial charge in [-0.05, 0) is 30.6 Å². The normalized spacial score (nSPS) is 11.1. The first-order chi connectivity index (χ1) is 7.74. The summed E-state index contributed by atoms with van der Waals surface area (Å²) in [7, 11) is 0. The van der Waals surface area contributed by atoms with Crippen molar-refractivity contribution < 1.29 is 0 Å². The highest BCUT2D eigenvalue weighted by atomic mass is 32.2. The van der Waals surface area contributed by atoms with E-state index < -0.39 is 0 Å². The van der Waals surface area contributed by atoms with Crippen molar-refractivity contribution in [1.29, 1.82) is 0 Å². The summed E-state index contributed by atoms with van der Waals surface area (Å²) in [5.74, 6) is 3.03. The molecule has 2 aromatic rings. The van der Waals surface area contributed by atoms with Crippen LogP contribution >= 0.6 is 11.8 Å². The molecule has 16 heavy (non-hydrogen) atoms. The highest BCUT2D eigenvalue weighted by Crippen LogP contribution is 2.18. The molecule has 2 N–H and O–H groups in total. The van der Waals surface area contributed by atoms with Crippen LogP contribution in [-0.2, 0) is 6.42 Å². The summed E-state index contributed by atoms with van der Waals surface area (Å²) in [6, 6.07) is 6.07. The lowest BCUT2D eigenvalue weighted by Crippen LogP contribution is -1.99. The monoisotopic (exact) mass is 235 g/mol. The number of aryl methyl sites for hydroxylation is 2. The van der Waals surface area contributed by atoms with Crippen molar-refractivity contribution in [3.8, 4) is 0 Å². The highest BCUT2D eigenvalue weighted by Gasteiger charge is 2.09. The molecule has 0 saturated carbocycles. The number of thioether (sulfide) groups is 1. The summed E-state index contributed by atoms with van der Waals surface area (Å²) in [5, 5.41) is 0. The summed E-state index contributed by atoms with van der Waals surface area (Å²) in [6.45, 7) is 4.22. The Labute approximate surface area is 100 Å². The quantitative estimate of drug-likeness (QED) is 0.828. The minimum absolute atomic E-state index is 0.796. The van der Waals surface area contributed by atoms with E-state index in [0.29, 0.717) is 0 Å². The van der Waals surface area contributed by atoms with E-state index in [1.165, 1.54) is 0 Å². The van der Waals surface area contributed by atoms with Gasteiger partial charge >= 0.3 is 0 Å². The minimum atomic E-state index is 0.796. The third-order valence-electron chi connectivity index (χ3n) is 2.64. The summed E-state index contributed by atoms with van der Waals surface area (Å²) in [5.41, 5.74) is 9.23. The van der Waals surface area contributed by atoms with Gasteiger partial charge in [0.25, 0.3) is 0 Å². The van der Waals surface area contributed by atoms with E-state index in [2.05, 4.69) is 24.9 Å². The molecule has 0 fully saturated rings. The zero-order valence-corrected chi connectivity index (χ0v) is 10.5. The first-order valence-electron chi connectivity index (χ1n) is 5.54. The number of nitrogens with zero attached hydrogens (tertiary/aromatic N) is 2. The number of rotatable bonds is 4. The van der Waals surface area contributed by atoms with Gasteiger partial charge in [-0.2, -0.15) is 11.8 Å². The molecule has 3 nitrogen and oxygen atoms in total. The molecular weight excluding hydrogens is 218 g/mol. The number of nitrogen functional groups attached to an aromatic ring is 1. The molecule has 2 aromatic heterocycles. The topological polar surface area (TPSA) is 43.3 Å². The van der Waals surface area contributed by atoms with Crippen LogP contribution in [0, 0.1) is 6.92 Å². The lowest BCUT2D eigenvalue weighted by atomic mass is 10.3. The molecule has 2 rings (SSSR count). The van der Waals surface area contributed by atoms with Gasteiger partial charge < -0.3 is 5.73 Å². The number of nitrogens with two attached hydrogens (primary N) is 1. The average molecular weight is 235 g/mol. The predicted octanol–water partition coefficient (Wildman–Crippen LogP) is 2.52. The number of imidazole rings is 1. The lowest BCUT2D eigenvalue weighted by molar-refractivity contribution is 1.08. The molecule has 0 saturated heterocycles. The molecule has 0 bridgehead atoms. The Balaban J connectivity index is 2.33. The van der Waals surface area contributed by atoms with Gasteiger partial charge in [0, 0.05) is 12.1 Å². The Hall–Kier alpha value is -1.16. The largest absolute Gasteiger partial charge is 0.383 e. The van der Waals surface area contributed by atoms with Crippen LogP contribution in [0.1, 0.15) is 18.3 Å². The fraction of sp³-hybridized carbons (Fsp3) is 0.417. The molecule has 0 radical (unpaired) electrons. The lowest BCUT2D eigenvalue weighted by Gasteiger charge is -2.01. The maximum atomic E-state index is 6.11. The maximum Gasteiger partial charge on any atom is 0.138 e. The van der Waals surface area contributed by atoms with Crippen LogP contribution in [0.25, 0.3) is 5.65 Å². The van der Waals surface area contributed by atoms with Crippen LogP contribution in [0.5, 0.6) is 0 Å². The Morgan fingerprint density at radius 3 is 2.94 bits per heavy atom. The van der Waals surface area contributed by atoms with Crippen molar-refractivity contribution >= 4 is 23.2 Å². The number of hydrogen-bond donors (Lipinski definition) is 1. The Kier molecular flexibility index (Phi) is 3.39. The molecule has 0 aromatic carbocycles. The second kappa shape index (κ2) is 4.78. The number of aromatic nitrogens is 2. The predicted molar refractivity (Wildman–Crippen MR) is 71.0 cm³/mol. The van der Waals surface area contributed by atoms with Crippen molar-refractivity contribution in [3.05, 3.63) is 29.6 Å². The van der Waals surface area contributed by atoms with E-state index in [1.807, 2.05) is 28.3 Å². The second-order valence-electron chi connectivity index (χ2n) is 3.75. The zero-order chi connectivity index (χ0) is 11.5. The SMILES string of the molecule is CCSCCc1nc2cccc(C)n2c1N. The van der Waals surface area contributed by atoms with Crippen LogP contribution in [0.4, 0.5) is 5.82 Å². The minimum Gasteiger partial charge on any atom is -0.383 e. The summed E-state index contributed by atoms with van der Waals surface area (Å²) < 4.78 is 2.02. The molecule has 0 spiro atoms. The fourth-order valence-electron chi connectivity index (χ4n) is 1.83. The molecule has 0 aliphatic rings. The van der Waals surface area contributed by atoms with Crippen molar-refractivity contribution in [2.45, 2.75) is 20.3 Å². The van der Waals surface area contributed by atoms with Gasteiger partial charge in [-0.3, -0.25) is 4.40 Å². The molecule has 2 heterocycles. The van der Waals surface area contributed by atoms with E-state index in [0.717, 1.165) is 40.8 Å². The van der Waals surface area contributed by atoms with Gasteiger partial charge in [0.05, 0.1) is 5.69 Å². The van der Waals surface area contributed by atoms with Crippen LogP contribution in [0.15, 0.2) is 18.2 Å². The third kappa shape index (κ3) is 2.02. The van der Waals surface area contributed by atoms with E-state index in [1.54, 1.807) is 0 Å². The highest BCUT2D eigenvalue weighted by molar-refractivity contribution is 7.99. The first kappa shape index (κ1) is 11.3. The number of fused-ring (bicyclic) bond motifs is 1. The summed E-state index contributed by atoms with van der Waals surface area (Å²) in [4.78, 5) is 4.57. The summed E-state index contributed by atoms with van der Waals surface area (Å²) >= 11 is 1.92. The van der Waals surface area contributed by atoms with Crippen LogP contribution in [0.3, 0.4) is 0 Å². The molecule has 0 atom stereocenters. The standard InChI is InChI=1S/C12H17N3S/c1-3-16-8-7-10-12(13)15-9(2)5-4-6-11(15)14-10/h4-6H,3,7-8,13H2,1-2H3. The zero-order valence-electron chi connectivity index (χ0n) is 9.73. The maximum absolute atomic E-state index is 6.11. The van der Waals surface area contributed by atoms with Crippen molar-refractivity contribution in [3.63, 3.8) is 0 Å². The van der Waals surface area contributed by atoms with Gasteiger partial charge in [-0.1, -0.05) is 13.0 Å². The van der Waals surface area contributed by atoms with E-state index in [4.69, 9.17) is 5.73 Å². The van der Waals surface area contributed by atoms with Crippen LogP contribution in [0.2, 0.25) is 0 Å². The smallest absolute Gasteiger partial charge is 0.138 e. The van der Waals surface area contributed by atoms with Gasteiger partial charge in [0.2, 0.25) is 0 Å². The molecule has 0 unspecified atom stereocenters. The van der Waals surface area contributed by atoms with Gasteiger partial charge in [0.1, 0.15) is 11.5 Å². The molecule has 0 aliphatic heterocycles. The van der Waals surface area contributed by atoms with Crippen molar-refractivity contribution in [2.24, 2.45) is 0 Å². The summed E-state index contributed by atoms with van der Waals surface area (Å²) in [6.07, 6.45) is 0.950. The van der Waals surface area contributed by atoms with E-state index in [9.17, 15) is 0 Å². The van der Waals surface area contributed by atoms with E-state index in [-0.39, 0.29) is 0 Å². The molecule has 4 heteroatoms. The molecule has 0 amide bonds. The Morgan fingerprint density at radius 1 is 1.44 bits per heavy atom. The van der Waals surface area contributed by atoms with Crippen molar-refractivity contribution in [2.75, 3.05) is 17.2 Å². The third-order valence-corrected chi connectivity index (χ3v) is 3.54. The van der Waals surface area contributed by atoms with Gasteiger partial charge in [-0.25, -0.2) is 4.98 Å². The molecular formula is C12H17N3S. The second-order valence-corrected chi connectivity index (χ2v) is 5.15. The Morgan fingerprint density at radius 2 is 2.25 bits per heavy atom. The molecule has 0 aliphatic carbocycles. The fourth-order valence-corrected chi connectivity index (χ4v) is 2.45.